The molecular formula is C22H44O3. The summed E-state index contributed by atoms with van der Waals surface area (Å²) in [5.74, 6) is 0. The monoisotopic (exact) mass is 356 g/mol. The van der Waals surface area contributed by atoms with Crippen molar-refractivity contribution >= 4 is 6.16 Å². The Balaban J connectivity index is 3.60. The molecule has 1 N–H and O–H groups in total. The summed E-state index contributed by atoms with van der Waals surface area (Å²) in [7, 11) is 0. The molecular weight excluding hydrogens is 312 g/mol. The topological polar surface area (TPSA) is 46.5 Å². The number of hydrogen-bond donors (Lipinski definition) is 1. The fourth-order valence-corrected chi connectivity index (χ4v) is 3.42. The smallest absolute Gasteiger partial charge is 0.450 e. The summed E-state index contributed by atoms with van der Waals surface area (Å²) < 4.78 is 5.09. The van der Waals surface area contributed by atoms with Gasteiger partial charge in [-0.15, -0.1) is 0 Å². The Morgan fingerprint density at radius 1 is 0.640 bits per heavy atom. The molecule has 0 bridgehead atoms. The lowest BCUT2D eigenvalue weighted by atomic mass is 10.0. The van der Waals surface area contributed by atoms with E-state index in [9.17, 15) is 4.79 Å². The summed E-state index contributed by atoms with van der Waals surface area (Å²) >= 11 is 0. The standard InChI is InChI=1S/C22H44O3/c1-3-5-7-9-11-13-15-17-19-21(25-22(23)24)20-18-16-14-12-10-8-6-4-2/h21H,3-20H2,1-2H3,(H,23,24). The minimum Gasteiger partial charge on any atom is -0.450 e. The molecule has 0 aliphatic rings. The Hall–Kier alpha value is -0.730. The van der Waals surface area contributed by atoms with Gasteiger partial charge in [-0.2, -0.15) is 0 Å². The van der Waals surface area contributed by atoms with E-state index < -0.39 is 6.16 Å². The number of rotatable bonds is 19. The molecule has 0 radical (unpaired) electrons. The van der Waals surface area contributed by atoms with Crippen molar-refractivity contribution < 1.29 is 14.6 Å². The average Bonchev–Trinajstić information content (AvgIpc) is 2.58. The van der Waals surface area contributed by atoms with Crippen LogP contribution in [0.25, 0.3) is 0 Å². The predicted molar refractivity (Wildman–Crippen MR) is 107 cm³/mol. The second kappa shape index (κ2) is 19.6. The maximum Gasteiger partial charge on any atom is 0.506 e. The Kier molecular flexibility index (Phi) is 19.0. The predicted octanol–water partition coefficient (Wildman–Crippen LogP) is 8.11. The largest absolute Gasteiger partial charge is 0.506 e. The van der Waals surface area contributed by atoms with Crippen molar-refractivity contribution in [3.8, 4) is 0 Å². The van der Waals surface area contributed by atoms with Crippen LogP contribution in [0, 0.1) is 0 Å². The van der Waals surface area contributed by atoms with Crippen molar-refractivity contribution in [1.29, 1.82) is 0 Å². The Labute approximate surface area is 156 Å². The highest BCUT2D eigenvalue weighted by Crippen LogP contribution is 2.17. The molecule has 0 unspecified atom stereocenters. The van der Waals surface area contributed by atoms with Crippen molar-refractivity contribution in [2.45, 2.75) is 136 Å². The molecule has 0 amide bonds. The minimum absolute atomic E-state index is 0.0855. The Bertz CT molecular complexity index is 258. The summed E-state index contributed by atoms with van der Waals surface area (Å²) in [4.78, 5) is 10.9. The average molecular weight is 357 g/mol. The Morgan fingerprint density at radius 3 is 1.28 bits per heavy atom. The van der Waals surface area contributed by atoms with Gasteiger partial charge in [0.2, 0.25) is 0 Å². The van der Waals surface area contributed by atoms with E-state index in [4.69, 9.17) is 9.84 Å². The molecule has 0 aromatic carbocycles. The third-order valence-electron chi connectivity index (χ3n) is 5.03. The van der Waals surface area contributed by atoms with Crippen molar-refractivity contribution in [1.82, 2.24) is 0 Å². The molecule has 0 aliphatic heterocycles. The highest BCUT2D eigenvalue weighted by atomic mass is 16.7. The van der Waals surface area contributed by atoms with Crippen LogP contribution >= 0.6 is 0 Å². The van der Waals surface area contributed by atoms with Gasteiger partial charge in [0, 0.05) is 0 Å². The van der Waals surface area contributed by atoms with Gasteiger partial charge in [-0.1, -0.05) is 104 Å². The van der Waals surface area contributed by atoms with Crippen LogP contribution in [0.3, 0.4) is 0 Å². The van der Waals surface area contributed by atoms with Crippen LogP contribution in [0.1, 0.15) is 129 Å². The normalized spacial score (nSPS) is 11.2. The minimum atomic E-state index is -1.11. The Morgan fingerprint density at radius 2 is 0.960 bits per heavy atom. The first-order valence-corrected chi connectivity index (χ1v) is 11.1. The molecule has 0 rings (SSSR count). The molecule has 0 aromatic rings. The number of hydrogen-bond acceptors (Lipinski definition) is 2. The van der Waals surface area contributed by atoms with Crippen molar-refractivity contribution in [2.75, 3.05) is 0 Å². The fraction of sp³-hybridized carbons (Fsp3) is 0.955. The molecule has 150 valence electrons. The van der Waals surface area contributed by atoms with Crippen LogP contribution in [0.15, 0.2) is 0 Å². The molecule has 0 fully saturated rings. The number of unbranched alkanes of at least 4 members (excludes halogenated alkanes) is 14. The van der Waals surface area contributed by atoms with Gasteiger partial charge in [0.15, 0.2) is 0 Å². The molecule has 0 atom stereocenters. The summed E-state index contributed by atoms with van der Waals surface area (Å²) in [5, 5.41) is 8.91. The summed E-state index contributed by atoms with van der Waals surface area (Å²) in [5.41, 5.74) is 0. The molecule has 25 heavy (non-hydrogen) atoms. The first-order chi connectivity index (χ1) is 12.2. The van der Waals surface area contributed by atoms with Crippen molar-refractivity contribution in [3.05, 3.63) is 0 Å². The van der Waals surface area contributed by atoms with Crippen LogP contribution in [0.2, 0.25) is 0 Å². The lowest BCUT2D eigenvalue weighted by Gasteiger charge is -2.16. The van der Waals surface area contributed by atoms with Gasteiger partial charge in [-0.05, 0) is 25.7 Å². The van der Waals surface area contributed by atoms with E-state index in [2.05, 4.69) is 13.8 Å². The first kappa shape index (κ1) is 24.3. The SMILES string of the molecule is CCCCCCCCCCC(CCCCCCCCCC)OC(=O)O. The van der Waals surface area contributed by atoms with E-state index in [0.717, 1.165) is 25.7 Å². The zero-order valence-corrected chi connectivity index (χ0v) is 17.1. The fourth-order valence-electron chi connectivity index (χ4n) is 3.42. The van der Waals surface area contributed by atoms with Crippen molar-refractivity contribution in [3.63, 3.8) is 0 Å². The third kappa shape index (κ3) is 19.4. The van der Waals surface area contributed by atoms with Gasteiger partial charge in [-0.3, -0.25) is 0 Å². The quantitative estimate of drug-likeness (QED) is 0.188. The van der Waals surface area contributed by atoms with Gasteiger partial charge in [0.1, 0.15) is 6.10 Å². The number of ether oxygens (including phenoxy) is 1. The molecule has 0 saturated carbocycles. The molecule has 0 spiro atoms. The second-order valence-electron chi connectivity index (χ2n) is 7.53. The van der Waals surface area contributed by atoms with E-state index in [-0.39, 0.29) is 6.10 Å². The lowest BCUT2D eigenvalue weighted by molar-refractivity contribution is 0.0422. The van der Waals surface area contributed by atoms with Gasteiger partial charge in [0.05, 0.1) is 0 Å². The maximum absolute atomic E-state index is 10.9. The van der Waals surface area contributed by atoms with E-state index in [1.165, 1.54) is 89.9 Å². The van der Waals surface area contributed by atoms with E-state index >= 15 is 0 Å². The highest BCUT2D eigenvalue weighted by Gasteiger charge is 2.13. The molecule has 0 aliphatic carbocycles. The van der Waals surface area contributed by atoms with E-state index in [0.29, 0.717) is 0 Å². The summed E-state index contributed by atoms with van der Waals surface area (Å²) in [6.45, 7) is 4.49. The maximum atomic E-state index is 10.9. The van der Waals surface area contributed by atoms with Crippen LogP contribution in [-0.4, -0.2) is 17.4 Å². The lowest BCUT2D eigenvalue weighted by Crippen LogP contribution is -2.16. The zero-order valence-electron chi connectivity index (χ0n) is 17.1. The second-order valence-corrected chi connectivity index (χ2v) is 7.53. The van der Waals surface area contributed by atoms with E-state index in [1.54, 1.807) is 0 Å². The zero-order chi connectivity index (χ0) is 18.6. The van der Waals surface area contributed by atoms with Gasteiger partial charge in [0.25, 0.3) is 0 Å². The molecule has 0 saturated heterocycles. The molecule has 0 aromatic heterocycles. The highest BCUT2D eigenvalue weighted by molar-refractivity contribution is 5.57. The van der Waals surface area contributed by atoms with Crippen LogP contribution in [0.4, 0.5) is 4.79 Å². The van der Waals surface area contributed by atoms with Crippen molar-refractivity contribution in [2.24, 2.45) is 0 Å². The third-order valence-corrected chi connectivity index (χ3v) is 5.03. The van der Waals surface area contributed by atoms with Crippen LogP contribution in [0.5, 0.6) is 0 Å². The van der Waals surface area contributed by atoms with Crippen LogP contribution < -0.4 is 0 Å². The van der Waals surface area contributed by atoms with Crippen LogP contribution in [-0.2, 0) is 4.74 Å². The van der Waals surface area contributed by atoms with E-state index in [1.807, 2.05) is 0 Å². The number of carboxylic acid groups (broad SMARTS) is 1. The van der Waals surface area contributed by atoms with Gasteiger partial charge in [-0.25, -0.2) is 4.79 Å². The summed E-state index contributed by atoms with van der Waals surface area (Å²) in [6, 6.07) is 0. The molecule has 0 heterocycles. The molecule has 3 nitrogen and oxygen atoms in total. The first-order valence-electron chi connectivity index (χ1n) is 11.1. The summed E-state index contributed by atoms with van der Waals surface area (Å²) in [6.07, 6.45) is 21.2. The molecule has 3 heteroatoms. The number of carbonyl (C=O) groups is 1. The van der Waals surface area contributed by atoms with Gasteiger partial charge >= 0.3 is 6.16 Å². The van der Waals surface area contributed by atoms with Gasteiger partial charge < -0.3 is 9.84 Å².